The van der Waals surface area contributed by atoms with E-state index in [1.165, 1.54) is 0 Å². The van der Waals surface area contributed by atoms with Crippen molar-refractivity contribution in [3.8, 4) is 0 Å². The molecule has 110 valence electrons. The minimum absolute atomic E-state index is 0. The van der Waals surface area contributed by atoms with Crippen molar-refractivity contribution in [3.63, 3.8) is 0 Å². The zero-order chi connectivity index (χ0) is 15.2. The van der Waals surface area contributed by atoms with E-state index in [1.54, 1.807) is 19.1 Å². The molecule has 0 fully saturated rings. The van der Waals surface area contributed by atoms with Crippen LogP contribution in [0.3, 0.4) is 0 Å². The molecule has 22 heavy (non-hydrogen) atoms. The van der Waals surface area contributed by atoms with E-state index < -0.39 is 10.1 Å². The van der Waals surface area contributed by atoms with Gasteiger partial charge < -0.3 is 0 Å². The molecule has 0 aliphatic carbocycles. The Bertz CT molecular complexity index is 991. The van der Waals surface area contributed by atoms with Gasteiger partial charge in [-0.2, -0.15) is 8.42 Å². The Balaban J connectivity index is 0.00000176. The van der Waals surface area contributed by atoms with Crippen molar-refractivity contribution < 1.29 is 13.0 Å². The third-order valence-electron chi connectivity index (χ3n) is 3.59. The average Bonchev–Trinajstić information content (AvgIpc) is 2.44. The summed E-state index contributed by atoms with van der Waals surface area (Å²) in [5.41, 5.74) is 1.04. The molecule has 0 radical (unpaired) electrons. The van der Waals surface area contributed by atoms with Crippen LogP contribution < -0.4 is 0 Å². The van der Waals surface area contributed by atoms with E-state index in [0.717, 1.165) is 16.2 Å². The van der Waals surface area contributed by atoms with Crippen LogP contribution in [0.2, 0.25) is 0 Å². The minimum atomic E-state index is -4.33. The van der Waals surface area contributed by atoms with Gasteiger partial charge in [-0.3, -0.25) is 4.55 Å². The molecule has 1 N–H and O–H groups in total. The molecule has 0 saturated heterocycles. The summed E-state index contributed by atoms with van der Waals surface area (Å²) in [6.45, 7) is 5.51. The molecule has 3 rings (SSSR count). The summed E-state index contributed by atoms with van der Waals surface area (Å²) in [6.07, 6.45) is 0. The van der Waals surface area contributed by atoms with Gasteiger partial charge in [0, 0.05) is 5.39 Å². The number of hydrogen-bond donors (Lipinski definition) is 1. The first kappa shape index (κ1) is 17.4. The van der Waals surface area contributed by atoms with Crippen LogP contribution in [0.5, 0.6) is 0 Å². The molecular formula is C17H16CaO3S. The zero-order valence-electron chi connectivity index (χ0n) is 11.5. The molecule has 0 spiro atoms. The van der Waals surface area contributed by atoms with Crippen LogP contribution >= 0.6 is 0 Å². The van der Waals surface area contributed by atoms with Crippen LogP contribution in [0.4, 0.5) is 0 Å². The van der Waals surface area contributed by atoms with Gasteiger partial charge >= 0.3 is 37.7 Å². The summed E-state index contributed by atoms with van der Waals surface area (Å²) >= 11 is 0. The fraction of sp³-hybridized carbons (Fsp3) is 0.0588. The van der Waals surface area contributed by atoms with Gasteiger partial charge in [-0.05, 0) is 34.2 Å². The molecule has 0 saturated carbocycles. The Kier molecular flexibility index (Phi) is 5.00. The summed E-state index contributed by atoms with van der Waals surface area (Å²) < 4.78 is 33.3. The molecule has 3 aromatic rings. The van der Waals surface area contributed by atoms with Crippen molar-refractivity contribution in [2.75, 3.05) is 0 Å². The number of hydrogen-bond acceptors (Lipinski definition) is 2. The second kappa shape index (κ2) is 6.30. The molecule has 0 amide bonds. The van der Waals surface area contributed by atoms with Gasteiger partial charge in [-0.15, -0.1) is 0 Å². The van der Waals surface area contributed by atoms with Crippen LogP contribution in [0.1, 0.15) is 12.5 Å². The number of benzene rings is 3. The first-order chi connectivity index (χ1) is 9.89. The van der Waals surface area contributed by atoms with E-state index in [-0.39, 0.29) is 42.6 Å². The topological polar surface area (TPSA) is 54.4 Å². The molecule has 0 bridgehead atoms. The van der Waals surface area contributed by atoms with E-state index in [2.05, 4.69) is 6.58 Å². The Morgan fingerprint density at radius 1 is 0.955 bits per heavy atom. The molecule has 0 aromatic heterocycles. The van der Waals surface area contributed by atoms with E-state index in [4.69, 9.17) is 0 Å². The van der Waals surface area contributed by atoms with Gasteiger partial charge in [0.15, 0.2) is 0 Å². The van der Waals surface area contributed by atoms with Gasteiger partial charge in [0.05, 0.1) is 0 Å². The van der Waals surface area contributed by atoms with Crippen molar-refractivity contribution in [1.29, 1.82) is 0 Å². The van der Waals surface area contributed by atoms with Crippen molar-refractivity contribution in [2.24, 2.45) is 0 Å². The summed E-state index contributed by atoms with van der Waals surface area (Å²) in [6, 6.07) is 14.9. The maximum absolute atomic E-state index is 11.8. The molecule has 0 heterocycles. The van der Waals surface area contributed by atoms with E-state index >= 15 is 0 Å². The van der Waals surface area contributed by atoms with Crippen molar-refractivity contribution in [3.05, 3.63) is 60.7 Å². The Hall–Kier alpha value is -0.910. The predicted molar refractivity (Wildman–Crippen MR) is 94.5 cm³/mol. The molecule has 3 aromatic carbocycles. The van der Waals surface area contributed by atoms with Crippen LogP contribution in [-0.4, -0.2) is 50.7 Å². The van der Waals surface area contributed by atoms with E-state index in [9.17, 15) is 13.0 Å². The SMILES string of the molecule is C=C(C)c1ccc2c(ccc3ccccc32)c1S(=O)(=O)O.[CaH2]. The van der Waals surface area contributed by atoms with Crippen molar-refractivity contribution >= 4 is 75.0 Å². The third-order valence-corrected chi connectivity index (χ3v) is 4.55. The van der Waals surface area contributed by atoms with Gasteiger partial charge in [-0.1, -0.05) is 55.1 Å². The molecule has 0 unspecified atom stereocenters. The second-order valence-corrected chi connectivity index (χ2v) is 6.44. The quantitative estimate of drug-likeness (QED) is 0.442. The van der Waals surface area contributed by atoms with Crippen molar-refractivity contribution in [1.82, 2.24) is 0 Å². The number of fused-ring (bicyclic) bond motifs is 3. The number of allylic oxidation sites excluding steroid dienone is 1. The van der Waals surface area contributed by atoms with Crippen LogP contribution in [0.25, 0.3) is 27.1 Å². The standard InChI is InChI=1S/C17H14O3S.Ca.2H/c1-11(2)13-9-10-15-14-6-4-3-5-12(14)7-8-16(15)17(13)21(18,19)20;;;/h3-10H,1H2,2H3,(H,18,19,20);;;. The fourth-order valence-corrected chi connectivity index (χ4v) is 3.65. The molecule has 5 heteroatoms. The summed E-state index contributed by atoms with van der Waals surface area (Å²) in [7, 11) is -4.33. The first-order valence-electron chi connectivity index (χ1n) is 6.47. The van der Waals surface area contributed by atoms with E-state index in [1.807, 2.05) is 36.4 Å². The summed E-state index contributed by atoms with van der Waals surface area (Å²) in [4.78, 5) is -0.0711. The Labute approximate surface area is 159 Å². The van der Waals surface area contributed by atoms with Crippen LogP contribution in [0.15, 0.2) is 60.0 Å². The average molecular weight is 340 g/mol. The van der Waals surface area contributed by atoms with Crippen LogP contribution in [0, 0.1) is 0 Å². The number of rotatable bonds is 2. The van der Waals surface area contributed by atoms with E-state index in [0.29, 0.717) is 16.5 Å². The fourth-order valence-electron chi connectivity index (χ4n) is 2.67. The summed E-state index contributed by atoms with van der Waals surface area (Å²) in [5.74, 6) is 0. The second-order valence-electron chi connectivity index (χ2n) is 5.08. The van der Waals surface area contributed by atoms with Gasteiger partial charge in [0.1, 0.15) is 4.90 Å². The Morgan fingerprint density at radius 2 is 1.59 bits per heavy atom. The zero-order valence-corrected chi connectivity index (χ0v) is 12.3. The molecule has 3 nitrogen and oxygen atoms in total. The van der Waals surface area contributed by atoms with Gasteiger partial charge in [0.25, 0.3) is 10.1 Å². The maximum atomic E-state index is 11.8. The monoisotopic (exact) mass is 340 g/mol. The molecule has 0 atom stereocenters. The normalized spacial score (nSPS) is 11.4. The summed E-state index contributed by atoms with van der Waals surface area (Å²) in [5, 5.41) is 3.28. The molecule has 0 aliphatic heterocycles. The first-order valence-corrected chi connectivity index (χ1v) is 7.91. The van der Waals surface area contributed by atoms with Crippen LogP contribution in [-0.2, 0) is 10.1 Å². The van der Waals surface area contributed by atoms with Crippen molar-refractivity contribution in [2.45, 2.75) is 11.8 Å². The molecule has 0 aliphatic rings. The predicted octanol–water partition coefficient (Wildman–Crippen LogP) is 3.36. The van der Waals surface area contributed by atoms with Gasteiger partial charge in [-0.25, -0.2) is 0 Å². The molecular weight excluding hydrogens is 324 g/mol. The van der Waals surface area contributed by atoms with Gasteiger partial charge in [0.2, 0.25) is 0 Å². The third kappa shape index (κ3) is 2.94. The Morgan fingerprint density at radius 3 is 2.23 bits per heavy atom.